The second-order valence-corrected chi connectivity index (χ2v) is 4.66. The summed E-state index contributed by atoms with van der Waals surface area (Å²) < 4.78 is 0.649. The van der Waals surface area contributed by atoms with Crippen molar-refractivity contribution >= 4 is 33.5 Å². The highest BCUT2D eigenvalue weighted by Crippen LogP contribution is 2.32. The first-order chi connectivity index (χ1) is 8.15. The molecular weight excluding hydrogens is 286 g/mol. The highest BCUT2D eigenvalue weighted by Gasteiger charge is 2.32. The lowest BCUT2D eigenvalue weighted by molar-refractivity contribution is -0.121. The number of nitrogens with two attached hydrogens (primary N) is 1. The average molecular weight is 300 g/mol. The van der Waals surface area contributed by atoms with Crippen LogP contribution in [-0.2, 0) is 4.79 Å². The molecule has 1 aliphatic rings. The number of anilines is 2. The smallest absolute Gasteiger partial charge is 0.242 e. The third-order valence-corrected chi connectivity index (χ3v) is 3.63. The van der Waals surface area contributed by atoms with E-state index >= 15 is 0 Å². The molecule has 1 amide bonds. The maximum absolute atomic E-state index is 11.8. The Hall–Kier alpha value is -1.37. The fourth-order valence-corrected chi connectivity index (χ4v) is 2.47. The monoisotopic (exact) mass is 299 g/mol. The first-order valence-electron chi connectivity index (χ1n) is 5.39. The highest BCUT2D eigenvalue weighted by molar-refractivity contribution is 9.10. The molecule has 2 heterocycles. The van der Waals surface area contributed by atoms with Crippen molar-refractivity contribution in [2.24, 2.45) is 0 Å². The molecule has 0 bridgehead atoms. The zero-order valence-electron chi connectivity index (χ0n) is 9.48. The summed E-state index contributed by atoms with van der Waals surface area (Å²) in [5.41, 5.74) is 5.72. The third kappa shape index (κ3) is 2.19. The number of nitrogens with zero attached hydrogens (tertiary/aromatic N) is 3. The maximum Gasteiger partial charge on any atom is 0.242 e. The Balaban J connectivity index is 2.32. The predicted octanol–water partition coefficient (Wildman–Crippen LogP) is 0.536. The van der Waals surface area contributed by atoms with Crippen molar-refractivity contribution in [3.8, 4) is 0 Å². The van der Waals surface area contributed by atoms with Gasteiger partial charge in [0.2, 0.25) is 5.91 Å². The lowest BCUT2D eigenvalue weighted by Crippen LogP contribution is -2.42. The Labute approximate surface area is 108 Å². The minimum absolute atomic E-state index is 0.00610. The van der Waals surface area contributed by atoms with Crippen LogP contribution in [0.1, 0.15) is 12.8 Å². The molecule has 0 aliphatic carbocycles. The van der Waals surface area contributed by atoms with Crippen LogP contribution in [0.15, 0.2) is 10.8 Å². The van der Waals surface area contributed by atoms with Gasteiger partial charge in [-0.05, 0) is 28.8 Å². The zero-order valence-corrected chi connectivity index (χ0v) is 11.1. The zero-order chi connectivity index (χ0) is 12.4. The molecule has 1 saturated heterocycles. The molecule has 1 unspecified atom stereocenters. The molecule has 1 aliphatic heterocycles. The van der Waals surface area contributed by atoms with E-state index < -0.39 is 0 Å². The molecule has 3 N–H and O–H groups in total. The molecule has 1 fully saturated rings. The normalized spacial score (nSPS) is 19.4. The van der Waals surface area contributed by atoms with Crippen LogP contribution in [0.5, 0.6) is 0 Å². The summed E-state index contributed by atoms with van der Waals surface area (Å²) >= 11 is 3.37. The summed E-state index contributed by atoms with van der Waals surface area (Å²) in [6, 6.07) is -0.175. The number of halogens is 1. The first kappa shape index (κ1) is 12.1. The maximum atomic E-state index is 11.8. The molecule has 0 saturated carbocycles. The van der Waals surface area contributed by atoms with Gasteiger partial charge in [-0.1, -0.05) is 0 Å². The molecule has 0 aromatic carbocycles. The summed E-state index contributed by atoms with van der Waals surface area (Å²) in [5.74, 6) is 1.08. The third-order valence-electron chi connectivity index (χ3n) is 2.87. The van der Waals surface area contributed by atoms with E-state index in [-0.39, 0.29) is 11.9 Å². The minimum Gasteiger partial charge on any atom is -0.383 e. The lowest BCUT2D eigenvalue weighted by atomic mass is 10.2. The second kappa shape index (κ2) is 4.87. The van der Waals surface area contributed by atoms with E-state index in [9.17, 15) is 4.79 Å². The molecule has 92 valence electrons. The summed E-state index contributed by atoms with van der Waals surface area (Å²) in [7, 11) is 1.64. The van der Waals surface area contributed by atoms with E-state index in [1.54, 1.807) is 7.05 Å². The number of amides is 1. The number of carbonyl (C=O) groups is 1. The van der Waals surface area contributed by atoms with E-state index in [0.29, 0.717) is 16.1 Å². The number of hydrogen-bond donors (Lipinski definition) is 2. The van der Waals surface area contributed by atoms with E-state index in [1.807, 2.05) is 4.90 Å². The van der Waals surface area contributed by atoms with Crippen molar-refractivity contribution in [1.29, 1.82) is 0 Å². The van der Waals surface area contributed by atoms with Crippen LogP contribution in [0, 0.1) is 0 Å². The Bertz CT molecular complexity index is 439. The van der Waals surface area contributed by atoms with E-state index in [0.717, 1.165) is 19.4 Å². The van der Waals surface area contributed by atoms with Gasteiger partial charge >= 0.3 is 0 Å². The molecular formula is C10H14BrN5O. The molecule has 0 radical (unpaired) electrons. The van der Waals surface area contributed by atoms with Crippen LogP contribution in [0.4, 0.5) is 11.6 Å². The average Bonchev–Trinajstić information content (AvgIpc) is 2.80. The Morgan fingerprint density at radius 1 is 1.65 bits per heavy atom. The second-order valence-electron chi connectivity index (χ2n) is 3.86. The molecule has 7 heteroatoms. The van der Waals surface area contributed by atoms with Gasteiger partial charge in [-0.25, -0.2) is 9.97 Å². The fourth-order valence-electron chi connectivity index (χ4n) is 2.03. The Morgan fingerprint density at radius 3 is 3.12 bits per heavy atom. The molecule has 17 heavy (non-hydrogen) atoms. The summed E-state index contributed by atoms with van der Waals surface area (Å²) in [4.78, 5) is 21.8. The summed E-state index contributed by atoms with van der Waals surface area (Å²) in [5, 5.41) is 2.67. The number of likely N-dealkylation sites (N-methyl/N-ethyl adjacent to an activating group) is 1. The quantitative estimate of drug-likeness (QED) is 0.832. The van der Waals surface area contributed by atoms with Crippen LogP contribution < -0.4 is 16.0 Å². The van der Waals surface area contributed by atoms with E-state index in [4.69, 9.17) is 5.73 Å². The van der Waals surface area contributed by atoms with Crippen LogP contribution in [0.3, 0.4) is 0 Å². The summed E-state index contributed by atoms with van der Waals surface area (Å²) in [6.45, 7) is 0.799. The van der Waals surface area contributed by atoms with Crippen molar-refractivity contribution in [2.75, 3.05) is 24.2 Å². The largest absolute Gasteiger partial charge is 0.383 e. The van der Waals surface area contributed by atoms with Crippen molar-refractivity contribution in [1.82, 2.24) is 15.3 Å². The molecule has 2 rings (SSSR count). The van der Waals surface area contributed by atoms with Gasteiger partial charge in [0.25, 0.3) is 0 Å². The molecule has 6 nitrogen and oxygen atoms in total. The van der Waals surface area contributed by atoms with Crippen molar-refractivity contribution in [3.05, 3.63) is 10.8 Å². The number of carbonyl (C=O) groups excluding carboxylic acids is 1. The van der Waals surface area contributed by atoms with Crippen molar-refractivity contribution in [3.63, 3.8) is 0 Å². The van der Waals surface area contributed by atoms with Gasteiger partial charge in [0.05, 0.1) is 0 Å². The molecule has 0 spiro atoms. The van der Waals surface area contributed by atoms with Crippen molar-refractivity contribution in [2.45, 2.75) is 18.9 Å². The van der Waals surface area contributed by atoms with Gasteiger partial charge < -0.3 is 16.0 Å². The fraction of sp³-hybridized carbons (Fsp3) is 0.500. The minimum atomic E-state index is -0.175. The Kier molecular flexibility index (Phi) is 3.46. The number of aromatic nitrogens is 2. The molecule has 1 atom stereocenters. The van der Waals surface area contributed by atoms with Crippen LogP contribution in [0.25, 0.3) is 0 Å². The van der Waals surface area contributed by atoms with Crippen LogP contribution in [0.2, 0.25) is 0 Å². The Morgan fingerprint density at radius 2 is 2.41 bits per heavy atom. The predicted molar refractivity (Wildman–Crippen MR) is 68.6 cm³/mol. The number of hydrogen-bond acceptors (Lipinski definition) is 5. The van der Waals surface area contributed by atoms with Gasteiger partial charge in [-0.2, -0.15) is 0 Å². The van der Waals surface area contributed by atoms with E-state index in [2.05, 4.69) is 31.2 Å². The topological polar surface area (TPSA) is 84.1 Å². The SMILES string of the molecule is CNC(=O)C1CCCN1c1ncnc(N)c1Br. The number of nitrogen functional groups attached to an aromatic ring is 1. The van der Waals surface area contributed by atoms with Crippen molar-refractivity contribution < 1.29 is 4.79 Å². The van der Waals surface area contributed by atoms with Crippen LogP contribution >= 0.6 is 15.9 Å². The van der Waals surface area contributed by atoms with Gasteiger partial charge in [0.1, 0.15) is 28.5 Å². The molecule has 1 aromatic heterocycles. The summed E-state index contributed by atoms with van der Waals surface area (Å²) in [6.07, 6.45) is 3.21. The lowest BCUT2D eigenvalue weighted by Gasteiger charge is -2.25. The number of rotatable bonds is 2. The van der Waals surface area contributed by atoms with Gasteiger partial charge in [0, 0.05) is 13.6 Å². The van der Waals surface area contributed by atoms with E-state index in [1.165, 1.54) is 6.33 Å². The molecule has 1 aromatic rings. The standard InChI is InChI=1S/C10H14BrN5O/c1-13-10(17)6-3-2-4-16(6)9-7(11)8(12)14-5-15-9/h5-6H,2-4H2,1H3,(H,13,17)(H2,12,14,15). The van der Waals surface area contributed by atoms with Gasteiger partial charge in [0.15, 0.2) is 0 Å². The first-order valence-corrected chi connectivity index (χ1v) is 6.18. The van der Waals surface area contributed by atoms with Crippen LogP contribution in [-0.4, -0.2) is 35.5 Å². The van der Waals surface area contributed by atoms with Gasteiger partial charge in [-0.15, -0.1) is 0 Å². The highest BCUT2D eigenvalue weighted by atomic mass is 79.9. The number of nitrogens with one attached hydrogen (secondary N) is 1. The van der Waals surface area contributed by atoms with Gasteiger partial charge in [-0.3, -0.25) is 4.79 Å².